The van der Waals surface area contributed by atoms with Gasteiger partial charge in [0.2, 0.25) is 17.7 Å². The largest absolute Gasteiger partial charge is 0.491 e. The molecule has 2 N–H and O–H groups in total. The fourth-order valence-electron chi connectivity index (χ4n) is 5.05. The molecule has 1 fully saturated rings. The topological polar surface area (TPSA) is 117 Å². The molecule has 0 unspecified atom stereocenters. The van der Waals surface area contributed by atoms with Crippen molar-refractivity contribution in [2.24, 2.45) is 5.92 Å². The van der Waals surface area contributed by atoms with E-state index in [1.54, 1.807) is 41.2 Å². The molecule has 0 bridgehead atoms. The normalized spacial score (nSPS) is 22.0. The zero-order chi connectivity index (χ0) is 28.4. The molecule has 1 aromatic carbocycles. The van der Waals surface area contributed by atoms with Gasteiger partial charge in [-0.05, 0) is 43.7 Å². The third-order valence-electron chi connectivity index (χ3n) is 7.26. The quantitative estimate of drug-likeness (QED) is 0.544. The van der Waals surface area contributed by atoms with Crippen LogP contribution in [0.4, 0.5) is 0 Å². The Hall–Kier alpha value is -3.14. The first-order valence-corrected chi connectivity index (χ1v) is 14.2. The van der Waals surface area contributed by atoms with Crippen molar-refractivity contribution >= 4 is 23.6 Å². The van der Waals surface area contributed by atoms with Gasteiger partial charge in [-0.2, -0.15) is 0 Å². The first kappa shape index (κ1) is 30.4. The van der Waals surface area contributed by atoms with Crippen molar-refractivity contribution in [1.29, 1.82) is 0 Å². The monoisotopic (exact) mass is 544 g/mol. The number of ether oxygens (including phenoxy) is 2. The lowest BCUT2D eigenvalue weighted by Crippen LogP contribution is -2.55. The maximum Gasteiger partial charge on any atom is 0.255 e. The van der Waals surface area contributed by atoms with E-state index in [4.69, 9.17) is 9.47 Å². The molecule has 0 spiro atoms. The molecule has 10 nitrogen and oxygen atoms in total. The van der Waals surface area contributed by atoms with E-state index in [-0.39, 0.29) is 42.4 Å². The zero-order valence-electron chi connectivity index (χ0n) is 23.7. The minimum Gasteiger partial charge on any atom is -0.491 e. The highest BCUT2D eigenvalue weighted by Crippen LogP contribution is 2.20. The highest BCUT2D eigenvalue weighted by Gasteiger charge is 2.34. The molecule has 1 saturated heterocycles. The summed E-state index contributed by atoms with van der Waals surface area (Å²) in [4.78, 5) is 57.3. The van der Waals surface area contributed by atoms with E-state index >= 15 is 0 Å². The Morgan fingerprint density at radius 3 is 2.49 bits per heavy atom. The van der Waals surface area contributed by atoms with E-state index in [9.17, 15) is 19.2 Å². The number of likely N-dealkylation sites (tertiary alicyclic amines) is 1. The Labute approximate surface area is 231 Å². The zero-order valence-corrected chi connectivity index (χ0v) is 23.7. The van der Waals surface area contributed by atoms with Crippen LogP contribution in [0.15, 0.2) is 24.3 Å². The highest BCUT2D eigenvalue weighted by atomic mass is 16.5. The first-order valence-electron chi connectivity index (χ1n) is 14.2. The molecule has 216 valence electrons. The number of carbonyl (C=O) groups excluding carboxylic acids is 4. The van der Waals surface area contributed by atoms with E-state index in [1.165, 1.54) is 0 Å². The fraction of sp³-hybridized carbons (Fsp3) is 0.655. The van der Waals surface area contributed by atoms with Crippen molar-refractivity contribution in [2.45, 2.75) is 77.5 Å². The molecule has 2 aliphatic heterocycles. The van der Waals surface area contributed by atoms with E-state index in [0.717, 1.165) is 12.8 Å². The van der Waals surface area contributed by atoms with Gasteiger partial charge in [-0.3, -0.25) is 19.2 Å². The number of methoxy groups -OCH3 is 1. The van der Waals surface area contributed by atoms with Gasteiger partial charge in [-0.1, -0.05) is 39.3 Å². The van der Waals surface area contributed by atoms with Crippen molar-refractivity contribution in [3.8, 4) is 5.75 Å². The van der Waals surface area contributed by atoms with Crippen LogP contribution in [0.3, 0.4) is 0 Å². The van der Waals surface area contributed by atoms with Gasteiger partial charge >= 0.3 is 0 Å². The lowest BCUT2D eigenvalue weighted by Gasteiger charge is -2.34. The van der Waals surface area contributed by atoms with E-state index in [1.807, 2.05) is 13.8 Å². The number of fused-ring (bicyclic) bond motifs is 1. The summed E-state index contributed by atoms with van der Waals surface area (Å²) in [5, 5.41) is 5.67. The van der Waals surface area contributed by atoms with Gasteiger partial charge < -0.3 is 29.9 Å². The van der Waals surface area contributed by atoms with Crippen LogP contribution in [-0.4, -0.2) is 91.5 Å². The van der Waals surface area contributed by atoms with Crippen molar-refractivity contribution in [3.63, 3.8) is 0 Å². The molecule has 0 saturated carbocycles. The van der Waals surface area contributed by atoms with E-state index in [0.29, 0.717) is 51.2 Å². The summed E-state index contributed by atoms with van der Waals surface area (Å²) in [6.07, 6.45) is 3.39. The molecule has 2 aliphatic rings. The van der Waals surface area contributed by atoms with Crippen LogP contribution in [0.2, 0.25) is 0 Å². The summed E-state index contributed by atoms with van der Waals surface area (Å²) in [5.41, 5.74) is 0.273. The Morgan fingerprint density at radius 2 is 1.82 bits per heavy atom. The number of piperidine rings is 1. The van der Waals surface area contributed by atoms with Crippen molar-refractivity contribution in [3.05, 3.63) is 29.8 Å². The predicted molar refractivity (Wildman–Crippen MR) is 147 cm³/mol. The second-order valence-corrected chi connectivity index (χ2v) is 10.8. The third-order valence-corrected chi connectivity index (χ3v) is 7.26. The smallest absolute Gasteiger partial charge is 0.255 e. The number of hydrogen-bond donors (Lipinski definition) is 2. The lowest BCUT2D eigenvalue weighted by atomic mass is 10.0. The number of unbranched alkanes of at least 4 members (excludes halogenated alkanes) is 1. The van der Waals surface area contributed by atoms with Crippen LogP contribution < -0.4 is 15.4 Å². The number of amides is 4. The van der Waals surface area contributed by atoms with Gasteiger partial charge in [0.05, 0.1) is 24.6 Å². The van der Waals surface area contributed by atoms with Crippen LogP contribution in [0.25, 0.3) is 0 Å². The second-order valence-electron chi connectivity index (χ2n) is 10.8. The molecule has 0 aliphatic carbocycles. The maximum absolute atomic E-state index is 13.6. The Kier molecular flexibility index (Phi) is 11.6. The standard InChI is InChI=1S/C29H44N4O6/c1-5-6-13-32-16-17-39-25-10-8-7-9-22(25)27(35)31-24(29(37)33-14-11-21(38-4)12-15-33)19-26(34)30-23(28(32)36)18-20(2)3/h7-10,20-21,23-24H,5-6,11-19H2,1-4H3,(H,30,34)(H,31,35)/t23-,24-/m0/s1. The molecule has 1 aromatic rings. The van der Waals surface area contributed by atoms with Gasteiger partial charge in [0.15, 0.2) is 0 Å². The van der Waals surface area contributed by atoms with Gasteiger partial charge in [-0.25, -0.2) is 0 Å². The number of nitrogens with zero attached hydrogens (tertiary/aromatic N) is 2. The molecule has 0 radical (unpaired) electrons. The summed E-state index contributed by atoms with van der Waals surface area (Å²) in [6.45, 7) is 8.08. The fourth-order valence-corrected chi connectivity index (χ4v) is 5.05. The average Bonchev–Trinajstić information content (AvgIpc) is 2.93. The number of benzene rings is 1. The van der Waals surface area contributed by atoms with Crippen LogP contribution in [0.5, 0.6) is 5.75 Å². The molecule has 2 atom stereocenters. The number of hydrogen-bond acceptors (Lipinski definition) is 6. The van der Waals surface area contributed by atoms with Crippen molar-refractivity contribution in [2.75, 3.05) is 39.9 Å². The summed E-state index contributed by atoms with van der Waals surface area (Å²) in [7, 11) is 1.65. The van der Waals surface area contributed by atoms with Gasteiger partial charge in [-0.15, -0.1) is 0 Å². The molecule has 10 heteroatoms. The van der Waals surface area contributed by atoms with E-state index < -0.39 is 23.9 Å². The first-order chi connectivity index (χ1) is 18.7. The third kappa shape index (κ3) is 8.68. The number of carbonyl (C=O) groups is 4. The van der Waals surface area contributed by atoms with Crippen molar-refractivity contribution in [1.82, 2.24) is 20.4 Å². The molecule has 0 aromatic heterocycles. The summed E-state index contributed by atoms with van der Waals surface area (Å²) in [5.74, 6) is -0.892. The SMILES string of the molecule is CCCCN1CCOc2ccccc2C(=O)N[C@H](C(=O)N2CCC(OC)CC2)CC(=O)N[C@@H](CC(C)C)C1=O. The van der Waals surface area contributed by atoms with Crippen molar-refractivity contribution < 1.29 is 28.7 Å². The Bertz CT molecular complexity index is 992. The molecule has 4 amide bonds. The molecule has 39 heavy (non-hydrogen) atoms. The second kappa shape index (κ2) is 14.9. The molecule has 2 heterocycles. The van der Waals surface area contributed by atoms with Crippen LogP contribution in [0.1, 0.15) is 69.7 Å². The number of nitrogens with one attached hydrogen (secondary N) is 2. The molecular weight excluding hydrogens is 500 g/mol. The minimum absolute atomic E-state index is 0.0819. The van der Waals surface area contributed by atoms with Gasteiger partial charge in [0, 0.05) is 26.7 Å². The lowest BCUT2D eigenvalue weighted by molar-refractivity contribution is -0.139. The summed E-state index contributed by atoms with van der Waals surface area (Å²) in [6, 6.07) is 4.99. The van der Waals surface area contributed by atoms with Crippen LogP contribution in [-0.2, 0) is 19.1 Å². The maximum atomic E-state index is 13.6. The van der Waals surface area contributed by atoms with Gasteiger partial charge in [0.1, 0.15) is 24.4 Å². The van der Waals surface area contributed by atoms with Crippen LogP contribution in [0, 0.1) is 5.92 Å². The minimum atomic E-state index is -1.08. The summed E-state index contributed by atoms with van der Waals surface area (Å²) < 4.78 is 11.4. The Morgan fingerprint density at radius 1 is 1.10 bits per heavy atom. The van der Waals surface area contributed by atoms with Gasteiger partial charge in [0.25, 0.3) is 5.91 Å². The Balaban J connectivity index is 1.91. The molecule has 3 rings (SSSR count). The predicted octanol–water partition coefficient (Wildman–Crippen LogP) is 2.36. The molecular formula is C29H44N4O6. The number of para-hydroxylation sites is 1. The summed E-state index contributed by atoms with van der Waals surface area (Å²) >= 11 is 0. The van der Waals surface area contributed by atoms with Crippen LogP contribution >= 0.6 is 0 Å². The number of rotatable bonds is 7. The average molecular weight is 545 g/mol. The highest BCUT2D eigenvalue weighted by molar-refractivity contribution is 6.01. The van der Waals surface area contributed by atoms with E-state index in [2.05, 4.69) is 17.6 Å².